The fraction of sp³-hybridized carbons (Fsp3) is 0.571. The number of anilines is 1. The Bertz CT molecular complexity index is 476. The summed E-state index contributed by atoms with van der Waals surface area (Å²) in [6.45, 7) is 2.79. The van der Waals surface area contributed by atoms with E-state index < -0.39 is 4.92 Å². The average molecular weight is 280 g/mol. The zero-order valence-electron chi connectivity index (χ0n) is 11.5. The molecule has 1 aliphatic heterocycles. The van der Waals surface area contributed by atoms with Gasteiger partial charge < -0.3 is 15.2 Å². The molecule has 2 atom stereocenters. The Morgan fingerprint density at radius 3 is 3.05 bits per heavy atom. The molecule has 20 heavy (non-hydrogen) atoms. The monoisotopic (exact) mass is 280 g/mol. The second-order valence-electron chi connectivity index (χ2n) is 5.11. The van der Waals surface area contributed by atoms with Gasteiger partial charge in [-0.1, -0.05) is 13.3 Å². The molecular formula is C14H20N2O4. The van der Waals surface area contributed by atoms with Crippen molar-refractivity contribution >= 4 is 11.4 Å². The molecule has 2 N–H and O–H groups in total. The molecule has 0 bridgehead atoms. The summed E-state index contributed by atoms with van der Waals surface area (Å²) in [5.41, 5.74) is 0.360. The fourth-order valence-electron chi connectivity index (χ4n) is 2.55. The largest absolute Gasteiger partial charge is 0.508 e. The minimum Gasteiger partial charge on any atom is -0.508 e. The second-order valence-corrected chi connectivity index (χ2v) is 5.11. The Morgan fingerprint density at radius 1 is 1.55 bits per heavy atom. The molecule has 1 aliphatic rings. The Hall–Kier alpha value is -1.82. The first-order valence-electron chi connectivity index (χ1n) is 6.95. The van der Waals surface area contributed by atoms with Crippen LogP contribution in [0.2, 0.25) is 0 Å². The van der Waals surface area contributed by atoms with Crippen molar-refractivity contribution in [3.8, 4) is 5.75 Å². The lowest BCUT2D eigenvalue weighted by atomic mass is 9.99. The highest BCUT2D eigenvalue weighted by atomic mass is 16.6. The molecule has 0 spiro atoms. The van der Waals surface area contributed by atoms with Crippen molar-refractivity contribution in [2.45, 2.75) is 44.8 Å². The predicted molar refractivity (Wildman–Crippen MR) is 76.1 cm³/mol. The van der Waals surface area contributed by atoms with E-state index in [1.54, 1.807) is 6.07 Å². The minimum absolute atomic E-state index is 0.0940. The summed E-state index contributed by atoms with van der Waals surface area (Å²) in [7, 11) is 0. The highest BCUT2D eigenvalue weighted by molar-refractivity contribution is 5.64. The van der Waals surface area contributed by atoms with Crippen LogP contribution >= 0.6 is 0 Å². The maximum atomic E-state index is 11.0. The maximum absolute atomic E-state index is 11.0. The Kier molecular flexibility index (Phi) is 4.79. The van der Waals surface area contributed by atoms with Gasteiger partial charge in [0.2, 0.25) is 0 Å². The summed E-state index contributed by atoms with van der Waals surface area (Å²) in [6.07, 6.45) is 3.99. The van der Waals surface area contributed by atoms with E-state index in [0.717, 1.165) is 25.7 Å². The number of phenols is 1. The van der Waals surface area contributed by atoms with Gasteiger partial charge in [0.25, 0.3) is 5.69 Å². The van der Waals surface area contributed by atoms with Gasteiger partial charge in [0.15, 0.2) is 0 Å². The molecule has 2 unspecified atom stereocenters. The van der Waals surface area contributed by atoms with E-state index >= 15 is 0 Å². The molecule has 0 saturated carbocycles. The van der Waals surface area contributed by atoms with E-state index in [1.807, 2.05) is 0 Å². The van der Waals surface area contributed by atoms with Crippen LogP contribution in [0.25, 0.3) is 0 Å². The van der Waals surface area contributed by atoms with Gasteiger partial charge in [-0.2, -0.15) is 0 Å². The van der Waals surface area contributed by atoms with Crippen LogP contribution in [-0.2, 0) is 4.74 Å². The lowest BCUT2D eigenvalue weighted by Crippen LogP contribution is -2.34. The molecule has 1 fully saturated rings. The van der Waals surface area contributed by atoms with Crippen LogP contribution in [0.1, 0.15) is 32.6 Å². The number of ether oxygens (including phenoxy) is 1. The number of aromatic hydroxyl groups is 1. The number of nitro groups is 1. The van der Waals surface area contributed by atoms with Crippen LogP contribution in [0.4, 0.5) is 11.4 Å². The van der Waals surface area contributed by atoms with Gasteiger partial charge in [0.05, 0.1) is 17.1 Å². The first-order valence-corrected chi connectivity index (χ1v) is 6.95. The maximum Gasteiger partial charge on any atom is 0.296 e. The molecule has 1 saturated heterocycles. The molecule has 0 aliphatic carbocycles. The van der Waals surface area contributed by atoms with Crippen LogP contribution in [-0.4, -0.2) is 28.8 Å². The second kappa shape index (κ2) is 6.56. The van der Waals surface area contributed by atoms with Gasteiger partial charge in [-0.3, -0.25) is 10.1 Å². The van der Waals surface area contributed by atoms with Crippen molar-refractivity contribution in [2.75, 3.05) is 11.9 Å². The van der Waals surface area contributed by atoms with Gasteiger partial charge in [-0.15, -0.1) is 0 Å². The summed E-state index contributed by atoms with van der Waals surface area (Å²) in [5.74, 6) is -0.0990. The smallest absolute Gasteiger partial charge is 0.296 e. The molecule has 2 rings (SSSR count). The van der Waals surface area contributed by atoms with Crippen molar-refractivity contribution in [1.29, 1.82) is 0 Å². The Labute approximate surface area is 117 Å². The van der Waals surface area contributed by atoms with Gasteiger partial charge >= 0.3 is 0 Å². The summed E-state index contributed by atoms with van der Waals surface area (Å²) in [4.78, 5) is 10.5. The van der Waals surface area contributed by atoms with Crippen LogP contribution < -0.4 is 5.32 Å². The number of nitrogens with zero attached hydrogens (tertiary/aromatic N) is 1. The lowest BCUT2D eigenvalue weighted by molar-refractivity contribution is -0.384. The fourth-order valence-corrected chi connectivity index (χ4v) is 2.55. The minimum atomic E-state index is -0.481. The lowest BCUT2D eigenvalue weighted by Gasteiger charge is -2.30. The molecule has 6 nitrogen and oxygen atoms in total. The van der Waals surface area contributed by atoms with E-state index in [-0.39, 0.29) is 23.6 Å². The van der Waals surface area contributed by atoms with E-state index in [0.29, 0.717) is 12.3 Å². The van der Waals surface area contributed by atoms with Crippen molar-refractivity contribution in [1.82, 2.24) is 0 Å². The molecule has 6 heteroatoms. The third-order valence-corrected chi connectivity index (χ3v) is 3.52. The first kappa shape index (κ1) is 14.6. The van der Waals surface area contributed by atoms with Gasteiger partial charge in [-0.05, 0) is 31.4 Å². The standard InChI is InChI=1S/C14H20N2O4/c1-2-3-12-8-10(6-7-20-12)15-13-5-4-11(17)9-14(13)16(18)19/h4-5,9-10,12,15,17H,2-3,6-8H2,1H3. The van der Waals surface area contributed by atoms with Crippen molar-refractivity contribution < 1.29 is 14.8 Å². The van der Waals surface area contributed by atoms with Crippen LogP contribution in [0.3, 0.4) is 0 Å². The van der Waals surface area contributed by atoms with E-state index in [9.17, 15) is 15.2 Å². The molecule has 0 aromatic heterocycles. The Morgan fingerprint density at radius 2 is 2.35 bits per heavy atom. The van der Waals surface area contributed by atoms with Crippen LogP contribution in [0.15, 0.2) is 18.2 Å². The molecule has 110 valence electrons. The summed E-state index contributed by atoms with van der Waals surface area (Å²) in [6, 6.07) is 4.35. The van der Waals surface area contributed by atoms with Crippen LogP contribution in [0, 0.1) is 10.1 Å². The highest BCUT2D eigenvalue weighted by Gasteiger charge is 2.24. The Balaban J connectivity index is 2.07. The summed E-state index contributed by atoms with van der Waals surface area (Å²) >= 11 is 0. The zero-order chi connectivity index (χ0) is 14.5. The number of nitro benzene ring substituents is 1. The normalized spacial score (nSPS) is 22.4. The topological polar surface area (TPSA) is 84.6 Å². The van der Waals surface area contributed by atoms with Crippen molar-refractivity contribution in [3.63, 3.8) is 0 Å². The SMILES string of the molecule is CCCC1CC(Nc2ccc(O)cc2[N+](=O)[O-])CCO1. The molecule has 0 amide bonds. The molecule has 1 aromatic carbocycles. The van der Waals surface area contributed by atoms with Gasteiger partial charge in [0.1, 0.15) is 11.4 Å². The number of phenolic OH excluding ortho intramolecular Hbond substituents is 1. The van der Waals surface area contributed by atoms with E-state index in [1.165, 1.54) is 12.1 Å². The summed E-state index contributed by atoms with van der Waals surface area (Å²) < 4.78 is 5.67. The predicted octanol–water partition coefficient (Wildman–Crippen LogP) is 3.06. The summed E-state index contributed by atoms with van der Waals surface area (Å²) in [5, 5.41) is 23.6. The number of rotatable bonds is 5. The number of nitrogens with one attached hydrogen (secondary N) is 1. The van der Waals surface area contributed by atoms with Crippen LogP contribution in [0.5, 0.6) is 5.75 Å². The molecule has 1 aromatic rings. The molecule has 1 heterocycles. The first-order chi connectivity index (χ1) is 9.60. The third-order valence-electron chi connectivity index (χ3n) is 3.52. The number of hydrogen-bond acceptors (Lipinski definition) is 5. The van der Waals surface area contributed by atoms with Gasteiger partial charge in [0, 0.05) is 12.6 Å². The quantitative estimate of drug-likeness (QED) is 0.492. The number of benzene rings is 1. The highest BCUT2D eigenvalue weighted by Crippen LogP contribution is 2.30. The van der Waals surface area contributed by atoms with Crippen molar-refractivity contribution in [3.05, 3.63) is 28.3 Å². The van der Waals surface area contributed by atoms with Gasteiger partial charge in [-0.25, -0.2) is 0 Å². The van der Waals surface area contributed by atoms with E-state index in [4.69, 9.17) is 4.74 Å². The molecular weight excluding hydrogens is 260 g/mol. The third kappa shape index (κ3) is 3.60. The average Bonchev–Trinajstić information content (AvgIpc) is 2.41. The molecule has 0 radical (unpaired) electrons. The van der Waals surface area contributed by atoms with Crippen molar-refractivity contribution in [2.24, 2.45) is 0 Å². The number of hydrogen-bond donors (Lipinski definition) is 2. The van der Waals surface area contributed by atoms with E-state index in [2.05, 4.69) is 12.2 Å². The zero-order valence-corrected chi connectivity index (χ0v) is 11.5.